The molecule has 0 bridgehead atoms. The van der Waals surface area contributed by atoms with Crippen LogP contribution in [0.25, 0.3) is 0 Å². The van der Waals surface area contributed by atoms with Crippen LogP contribution in [0.15, 0.2) is 59.1 Å². The van der Waals surface area contributed by atoms with Gasteiger partial charge in [-0.15, -0.1) is 0 Å². The van der Waals surface area contributed by atoms with Crippen LogP contribution in [0, 0.1) is 0 Å². The maximum absolute atomic E-state index is 12.7. The highest BCUT2D eigenvalue weighted by Gasteiger charge is 2.31. The standard InChI is InChI=1S/C21H24BrN3O2/c1-23-21(27)20(16-7-3-2-4-8-16)24-19(26)14-25(18-10-11-18)13-15-6-5-9-17(22)12-15/h2-9,12,18,20H,10-11,13-14H2,1H3,(H,23,27)(H,24,26). The van der Waals surface area contributed by atoms with Gasteiger partial charge in [-0.05, 0) is 36.1 Å². The summed E-state index contributed by atoms with van der Waals surface area (Å²) in [6, 6.07) is 17.2. The van der Waals surface area contributed by atoms with E-state index in [2.05, 4.69) is 43.6 Å². The minimum absolute atomic E-state index is 0.144. The predicted molar refractivity (Wildman–Crippen MR) is 109 cm³/mol. The summed E-state index contributed by atoms with van der Waals surface area (Å²) < 4.78 is 1.03. The molecule has 5 nitrogen and oxygen atoms in total. The molecule has 0 radical (unpaired) electrons. The number of halogens is 1. The third-order valence-corrected chi connectivity index (χ3v) is 5.12. The Bertz CT molecular complexity index is 793. The predicted octanol–water partition coefficient (Wildman–Crippen LogP) is 3.02. The highest BCUT2D eigenvalue weighted by Crippen LogP contribution is 2.28. The number of nitrogens with zero attached hydrogens (tertiary/aromatic N) is 1. The number of carbonyl (C=O) groups is 2. The molecule has 2 aromatic rings. The number of carbonyl (C=O) groups excluding carboxylic acids is 2. The molecule has 1 atom stereocenters. The monoisotopic (exact) mass is 429 g/mol. The van der Waals surface area contributed by atoms with Crippen LogP contribution in [0.3, 0.4) is 0 Å². The molecule has 0 aromatic heterocycles. The van der Waals surface area contributed by atoms with Gasteiger partial charge >= 0.3 is 0 Å². The summed E-state index contributed by atoms with van der Waals surface area (Å²) in [5.74, 6) is -0.367. The Kier molecular flexibility index (Phi) is 6.63. The Labute approximate surface area is 168 Å². The first-order valence-corrected chi connectivity index (χ1v) is 9.90. The number of hydrogen-bond donors (Lipinski definition) is 2. The molecule has 1 saturated carbocycles. The molecule has 1 fully saturated rings. The van der Waals surface area contributed by atoms with Crippen molar-refractivity contribution in [2.45, 2.75) is 31.5 Å². The molecule has 3 rings (SSSR count). The Morgan fingerprint density at radius 3 is 2.52 bits per heavy atom. The van der Waals surface area contributed by atoms with E-state index in [9.17, 15) is 9.59 Å². The van der Waals surface area contributed by atoms with Gasteiger partial charge < -0.3 is 10.6 Å². The molecule has 0 spiro atoms. The molecule has 1 unspecified atom stereocenters. The summed E-state index contributed by atoms with van der Waals surface area (Å²) in [6.45, 7) is 0.991. The zero-order valence-electron chi connectivity index (χ0n) is 15.3. The largest absolute Gasteiger partial charge is 0.357 e. The first-order valence-electron chi connectivity index (χ1n) is 9.11. The Balaban J connectivity index is 1.67. The lowest BCUT2D eigenvalue weighted by Crippen LogP contribution is -2.44. The second-order valence-electron chi connectivity index (χ2n) is 6.79. The van der Waals surface area contributed by atoms with E-state index in [1.807, 2.05) is 42.5 Å². The summed E-state index contributed by atoms with van der Waals surface area (Å²) in [5, 5.41) is 5.52. The van der Waals surface area contributed by atoms with Gasteiger partial charge in [-0.2, -0.15) is 0 Å². The van der Waals surface area contributed by atoms with Gasteiger partial charge in [0, 0.05) is 24.1 Å². The van der Waals surface area contributed by atoms with Gasteiger partial charge in [0.15, 0.2) is 0 Å². The molecule has 0 saturated heterocycles. The number of likely N-dealkylation sites (N-methyl/N-ethyl adjacent to an activating group) is 1. The minimum Gasteiger partial charge on any atom is -0.357 e. The summed E-state index contributed by atoms with van der Waals surface area (Å²) in [6.07, 6.45) is 2.22. The number of amides is 2. The van der Waals surface area contributed by atoms with Crippen molar-refractivity contribution in [3.63, 3.8) is 0 Å². The molecule has 27 heavy (non-hydrogen) atoms. The first kappa shape index (κ1) is 19.6. The van der Waals surface area contributed by atoms with E-state index >= 15 is 0 Å². The lowest BCUT2D eigenvalue weighted by Gasteiger charge is -2.24. The third kappa shape index (κ3) is 5.65. The van der Waals surface area contributed by atoms with Crippen molar-refractivity contribution in [3.05, 3.63) is 70.2 Å². The van der Waals surface area contributed by atoms with Gasteiger partial charge in [-0.3, -0.25) is 14.5 Å². The van der Waals surface area contributed by atoms with Gasteiger partial charge in [0.1, 0.15) is 6.04 Å². The van der Waals surface area contributed by atoms with Gasteiger partial charge in [-0.25, -0.2) is 0 Å². The van der Waals surface area contributed by atoms with Crippen LogP contribution in [0.1, 0.15) is 30.0 Å². The quantitative estimate of drug-likeness (QED) is 0.677. The number of rotatable bonds is 8. The van der Waals surface area contributed by atoms with Crippen molar-refractivity contribution in [2.75, 3.05) is 13.6 Å². The van der Waals surface area contributed by atoms with E-state index in [1.54, 1.807) is 7.05 Å². The average molecular weight is 430 g/mol. The van der Waals surface area contributed by atoms with E-state index in [-0.39, 0.29) is 18.4 Å². The molecule has 2 aromatic carbocycles. The fraction of sp³-hybridized carbons (Fsp3) is 0.333. The van der Waals surface area contributed by atoms with Gasteiger partial charge in [0.05, 0.1) is 6.54 Å². The zero-order valence-corrected chi connectivity index (χ0v) is 16.9. The van der Waals surface area contributed by atoms with E-state index in [0.717, 1.165) is 28.4 Å². The van der Waals surface area contributed by atoms with E-state index in [0.29, 0.717) is 12.6 Å². The van der Waals surface area contributed by atoms with E-state index in [1.165, 1.54) is 0 Å². The van der Waals surface area contributed by atoms with Crippen LogP contribution < -0.4 is 10.6 Å². The molecule has 2 amide bonds. The lowest BCUT2D eigenvalue weighted by atomic mass is 10.1. The van der Waals surface area contributed by atoms with Crippen molar-refractivity contribution < 1.29 is 9.59 Å². The van der Waals surface area contributed by atoms with Crippen LogP contribution >= 0.6 is 15.9 Å². The Morgan fingerprint density at radius 1 is 1.15 bits per heavy atom. The van der Waals surface area contributed by atoms with Crippen molar-refractivity contribution >= 4 is 27.7 Å². The summed E-state index contributed by atoms with van der Waals surface area (Å²) in [5.41, 5.74) is 1.94. The Hall–Kier alpha value is -2.18. The molecule has 6 heteroatoms. The fourth-order valence-electron chi connectivity index (χ4n) is 3.10. The van der Waals surface area contributed by atoms with Crippen molar-refractivity contribution in [1.29, 1.82) is 0 Å². The molecular formula is C21H24BrN3O2. The zero-order chi connectivity index (χ0) is 19.2. The maximum atomic E-state index is 12.7. The summed E-state index contributed by atoms with van der Waals surface area (Å²) >= 11 is 3.50. The molecular weight excluding hydrogens is 406 g/mol. The van der Waals surface area contributed by atoms with Crippen LogP contribution in [0.2, 0.25) is 0 Å². The topological polar surface area (TPSA) is 61.4 Å². The average Bonchev–Trinajstić information content (AvgIpc) is 3.51. The Morgan fingerprint density at radius 2 is 1.89 bits per heavy atom. The third-order valence-electron chi connectivity index (χ3n) is 4.63. The van der Waals surface area contributed by atoms with E-state index in [4.69, 9.17) is 0 Å². The van der Waals surface area contributed by atoms with Gasteiger partial charge in [-0.1, -0.05) is 58.4 Å². The normalized spacial score (nSPS) is 14.6. The second-order valence-corrected chi connectivity index (χ2v) is 7.71. The maximum Gasteiger partial charge on any atom is 0.246 e. The van der Waals surface area contributed by atoms with Crippen LogP contribution in [-0.4, -0.2) is 36.3 Å². The number of benzene rings is 2. The van der Waals surface area contributed by atoms with E-state index < -0.39 is 6.04 Å². The number of nitrogens with one attached hydrogen (secondary N) is 2. The highest BCUT2D eigenvalue weighted by atomic mass is 79.9. The SMILES string of the molecule is CNC(=O)C(NC(=O)CN(Cc1cccc(Br)c1)C1CC1)c1ccccc1. The van der Waals surface area contributed by atoms with Crippen LogP contribution in [0.4, 0.5) is 0 Å². The minimum atomic E-state index is -0.685. The van der Waals surface area contributed by atoms with Crippen LogP contribution in [0.5, 0.6) is 0 Å². The molecule has 1 aliphatic rings. The highest BCUT2D eigenvalue weighted by molar-refractivity contribution is 9.10. The second kappa shape index (κ2) is 9.15. The lowest BCUT2D eigenvalue weighted by molar-refractivity contribution is -0.129. The molecule has 142 valence electrons. The smallest absolute Gasteiger partial charge is 0.246 e. The van der Waals surface area contributed by atoms with Crippen molar-refractivity contribution in [3.8, 4) is 0 Å². The molecule has 2 N–H and O–H groups in total. The number of hydrogen-bond acceptors (Lipinski definition) is 3. The van der Waals surface area contributed by atoms with Crippen molar-refractivity contribution in [2.24, 2.45) is 0 Å². The van der Waals surface area contributed by atoms with Gasteiger partial charge in [0.25, 0.3) is 0 Å². The van der Waals surface area contributed by atoms with Gasteiger partial charge in [0.2, 0.25) is 11.8 Å². The molecule has 1 aliphatic carbocycles. The fourth-order valence-corrected chi connectivity index (χ4v) is 3.55. The summed E-state index contributed by atoms with van der Waals surface area (Å²) in [7, 11) is 1.58. The molecule has 0 heterocycles. The van der Waals surface area contributed by atoms with Crippen molar-refractivity contribution in [1.82, 2.24) is 15.5 Å². The van der Waals surface area contributed by atoms with Crippen LogP contribution in [-0.2, 0) is 16.1 Å². The summed E-state index contributed by atoms with van der Waals surface area (Å²) in [4.78, 5) is 27.2. The first-order chi connectivity index (χ1) is 13.1. The molecule has 0 aliphatic heterocycles.